The van der Waals surface area contributed by atoms with E-state index in [2.05, 4.69) is 0 Å². The van der Waals surface area contributed by atoms with E-state index in [-0.39, 0.29) is 5.82 Å². The van der Waals surface area contributed by atoms with Crippen molar-refractivity contribution in [3.63, 3.8) is 0 Å². The molecule has 0 spiro atoms. The SMILES string of the molecule is CC(O)Cc1ccc(-c2cccc(F)c2I)o1. The highest BCUT2D eigenvalue weighted by molar-refractivity contribution is 14.1. The number of halogens is 2. The average Bonchev–Trinajstić information content (AvgIpc) is 2.69. The Morgan fingerprint density at radius 2 is 2.12 bits per heavy atom. The Kier molecular flexibility index (Phi) is 3.83. The van der Waals surface area contributed by atoms with Crippen LogP contribution in [0.1, 0.15) is 12.7 Å². The van der Waals surface area contributed by atoms with E-state index in [9.17, 15) is 9.50 Å². The molecule has 1 N–H and O–H groups in total. The minimum Gasteiger partial charge on any atom is -0.461 e. The first kappa shape index (κ1) is 12.6. The van der Waals surface area contributed by atoms with Crippen LogP contribution >= 0.6 is 22.6 Å². The van der Waals surface area contributed by atoms with Crippen LogP contribution in [0.4, 0.5) is 4.39 Å². The molecule has 0 aliphatic heterocycles. The van der Waals surface area contributed by atoms with Crippen molar-refractivity contribution in [1.82, 2.24) is 0 Å². The average molecular weight is 346 g/mol. The third-order valence-electron chi connectivity index (χ3n) is 2.38. The molecule has 1 atom stereocenters. The fourth-order valence-corrected chi connectivity index (χ4v) is 2.24. The molecule has 0 amide bonds. The van der Waals surface area contributed by atoms with Crippen molar-refractivity contribution >= 4 is 22.6 Å². The number of aliphatic hydroxyl groups is 1. The summed E-state index contributed by atoms with van der Waals surface area (Å²) in [6.45, 7) is 1.70. The van der Waals surface area contributed by atoms with Crippen LogP contribution in [-0.4, -0.2) is 11.2 Å². The van der Waals surface area contributed by atoms with Gasteiger partial charge in [-0.15, -0.1) is 0 Å². The molecule has 0 radical (unpaired) electrons. The van der Waals surface area contributed by atoms with Crippen LogP contribution in [0.5, 0.6) is 0 Å². The van der Waals surface area contributed by atoms with E-state index in [1.54, 1.807) is 19.1 Å². The molecule has 1 heterocycles. The molecule has 2 rings (SSSR count). The van der Waals surface area contributed by atoms with Gasteiger partial charge in [-0.2, -0.15) is 0 Å². The van der Waals surface area contributed by atoms with Gasteiger partial charge >= 0.3 is 0 Å². The summed E-state index contributed by atoms with van der Waals surface area (Å²) in [5, 5.41) is 9.26. The quantitative estimate of drug-likeness (QED) is 0.862. The Bertz CT molecular complexity index is 520. The summed E-state index contributed by atoms with van der Waals surface area (Å²) in [4.78, 5) is 0. The monoisotopic (exact) mass is 346 g/mol. The molecule has 0 saturated carbocycles. The second kappa shape index (κ2) is 5.18. The van der Waals surface area contributed by atoms with E-state index >= 15 is 0 Å². The molecule has 2 nitrogen and oxygen atoms in total. The Morgan fingerprint density at radius 1 is 1.35 bits per heavy atom. The van der Waals surface area contributed by atoms with E-state index in [1.165, 1.54) is 6.07 Å². The molecule has 0 saturated heterocycles. The van der Waals surface area contributed by atoms with Crippen molar-refractivity contribution in [1.29, 1.82) is 0 Å². The topological polar surface area (TPSA) is 33.4 Å². The summed E-state index contributed by atoms with van der Waals surface area (Å²) in [6, 6.07) is 8.50. The van der Waals surface area contributed by atoms with Crippen LogP contribution in [0.2, 0.25) is 0 Å². The van der Waals surface area contributed by atoms with E-state index in [4.69, 9.17) is 4.42 Å². The summed E-state index contributed by atoms with van der Waals surface area (Å²) < 4.78 is 19.5. The molecule has 17 heavy (non-hydrogen) atoms. The van der Waals surface area contributed by atoms with Gasteiger partial charge in [-0.1, -0.05) is 6.07 Å². The van der Waals surface area contributed by atoms with Gasteiger partial charge in [-0.25, -0.2) is 4.39 Å². The molecule has 0 fully saturated rings. The van der Waals surface area contributed by atoms with Gasteiger partial charge in [-0.3, -0.25) is 0 Å². The second-order valence-corrected chi connectivity index (χ2v) is 5.00. The highest BCUT2D eigenvalue weighted by Gasteiger charge is 2.11. The maximum absolute atomic E-state index is 13.4. The lowest BCUT2D eigenvalue weighted by molar-refractivity contribution is 0.187. The van der Waals surface area contributed by atoms with Crippen molar-refractivity contribution in [3.05, 3.63) is 45.5 Å². The summed E-state index contributed by atoms with van der Waals surface area (Å²) >= 11 is 1.96. The van der Waals surface area contributed by atoms with Gasteiger partial charge in [-0.05, 0) is 53.8 Å². The lowest BCUT2D eigenvalue weighted by Crippen LogP contribution is -2.02. The Balaban J connectivity index is 2.34. The molecule has 0 aliphatic carbocycles. The standard InChI is InChI=1S/C13H12FIO2/c1-8(16)7-9-5-6-12(17-9)10-3-2-4-11(14)13(10)15/h2-6,8,16H,7H2,1H3. The first-order valence-electron chi connectivity index (χ1n) is 5.29. The largest absolute Gasteiger partial charge is 0.461 e. The van der Waals surface area contributed by atoms with Crippen molar-refractivity contribution in [3.8, 4) is 11.3 Å². The predicted octanol–water partition coefficient (Wildman–Crippen LogP) is 3.61. The summed E-state index contributed by atoms with van der Waals surface area (Å²) in [7, 11) is 0. The number of benzene rings is 1. The number of hydrogen-bond donors (Lipinski definition) is 1. The summed E-state index contributed by atoms with van der Waals surface area (Å²) in [5.41, 5.74) is 0.738. The van der Waals surface area contributed by atoms with Crippen molar-refractivity contribution in [2.24, 2.45) is 0 Å². The number of rotatable bonds is 3. The minimum absolute atomic E-state index is 0.253. The van der Waals surface area contributed by atoms with E-state index in [1.807, 2.05) is 34.7 Å². The van der Waals surface area contributed by atoms with Gasteiger partial charge in [0.2, 0.25) is 0 Å². The minimum atomic E-state index is -0.444. The molecule has 1 aromatic heterocycles. The Hall–Kier alpha value is -0.880. The summed E-state index contributed by atoms with van der Waals surface area (Å²) in [5.74, 6) is 1.08. The van der Waals surface area contributed by atoms with Gasteiger partial charge in [0, 0.05) is 12.0 Å². The molecular weight excluding hydrogens is 334 g/mol. The van der Waals surface area contributed by atoms with E-state index < -0.39 is 6.10 Å². The van der Waals surface area contributed by atoms with Crippen LogP contribution in [0.15, 0.2) is 34.7 Å². The third-order valence-corrected chi connectivity index (χ3v) is 3.47. The van der Waals surface area contributed by atoms with Crippen molar-refractivity contribution < 1.29 is 13.9 Å². The van der Waals surface area contributed by atoms with Gasteiger partial charge in [0.1, 0.15) is 17.3 Å². The molecular formula is C13H12FIO2. The van der Waals surface area contributed by atoms with Gasteiger partial charge in [0.15, 0.2) is 0 Å². The van der Waals surface area contributed by atoms with Gasteiger partial charge < -0.3 is 9.52 Å². The van der Waals surface area contributed by atoms with Crippen LogP contribution in [0.25, 0.3) is 11.3 Å². The van der Waals surface area contributed by atoms with Gasteiger partial charge in [0.05, 0.1) is 9.67 Å². The zero-order valence-corrected chi connectivity index (χ0v) is 11.4. The van der Waals surface area contributed by atoms with Crippen molar-refractivity contribution in [2.45, 2.75) is 19.4 Å². The zero-order valence-electron chi connectivity index (χ0n) is 9.28. The number of hydrogen-bond acceptors (Lipinski definition) is 2. The maximum Gasteiger partial charge on any atom is 0.137 e. The zero-order chi connectivity index (χ0) is 12.4. The second-order valence-electron chi connectivity index (χ2n) is 3.92. The maximum atomic E-state index is 13.4. The normalized spacial score (nSPS) is 12.7. The predicted molar refractivity (Wildman–Crippen MR) is 72.2 cm³/mol. The fourth-order valence-electron chi connectivity index (χ4n) is 1.62. The first-order valence-corrected chi connectivity index (χ1v) is 6.37. The lowest BCUT2D eigenvalue weighted by atomic mass is 10.2. The number of aliphatic hydroxyl groups excluding tert-OH is 1. The van der Waals surface area contributed by atoms with Crippen molar-refractivity contribution in [2.75, 3.05) is 0 Å². The molecule has 0 aliphatic rings. The third kappa shape index (κ3) is 2.87. The van der Waals surface area contributed by atoms with Crippen LogP contribution < -0.4 is 0 Å². The Morgan fingerprint density at radius 3 is 2.82 bits per heavy atom. The van der Waals surface area contributed by atoms with E-state index in [0.717, 1.165) is 5.56 Å². The molecule has 0 bridgehead atoms. The lowest BCUT2D eigenvalue weighted by Gasteiger charge is -2.03. The number of furan rings is 1. The van der Waals surface area contributed by atoms with Gasteiger partial charge in [0.25, 0.3) is 0 Å². The summed E-state index contributed by atoms with van der Waals surface area (Å²) in [6.07, 6.45) is 0.0203. The Labute approximate surface area is 113 Å². The molecule has 4 heteroatoms. The molecule has 2 aromatic rings. The van der Waals surface area contributed by atoms with E-state index in [0.29, 0.717) is 21.5 Å². The van der Waals surface area contributed by atoms with Crippen LogP contribution in [0, 0.1) is 9.39 Å². The molecule has 1 aromatic carbocycles. The fraction of sp³-hybridized carbons (Fsp3) is 0.231. The molecule has 1 unspecified atom stereocenters. The highest BCUT2D eigenvalue weighted by Crippen LogP contribution is 2.28. The first-order chi connectivity index (χ1) is 8.08. The smallest absolute Gasteiger partial charge is 0.137 e. The van der Waals surface area contributed by atoms with Crippen LogP contribution in [-0.2, 0) is 6.42 Å². The van der Waals surface area contributed by atoms with Crippen LogP contribution in [0.3, 0.4) is 0 Å². The highest BCUT2D eigenvalue weighted by atomic mass is 127. The molecule has 90 valence electrons.